The fourth-order valence-corrected chi connectivity index (χ4v) is 1.90. The van der Waals surface area contributed by atoms with Crippen LogP contribution in [0.3, 0.4) is 0 Å². The molecule has 2 heterocycles. The van der Waals surface area contributed by atoms with Crippen LogP contribution in [-0.2, 0) is 6.54 Å². The van der Waals surface area contributed by atoms with Gasteiger partial charge in [-0.05, 0) is 12.1 Å². The van der Waals surface area contributed by atoms with Gasteiger partial charge in [-0.25, -0.2) is 5.84 Å². The highest BCUT2D eigenvalue weighted by atomic mass is 32.1. The zero-order valence-corrected chi connectivity index (χ0v) is 9.61. The van der Waals surface area contributed by atoms with Crippen LogP contribution < -0.4 is 16.1 Å². The van der Waals surface area contributed by atoms with Gasteiger partial charge >= 0.3 is 4.87 Å². The number of hydrogen-bond donors (Lipinski definition) is 2. The Balaban J connectivity index is 2.16. The lowest BCUT2D eigenvalue weighted by Crippen LogP contribution is -2.30. The summed E-state index contributed by atoms with van der Waals surface area (Å²) >= 11 is 1.13. The molecule has 6 nitrogen and oxygen atoms in total. The van der Waals surface area contributed by atoms with Crippen molar-refractivity contribution in [1.82, 2.24) is 15.0 Å². The molecule has 3 N–H and O–H groups in total. The van der Waals surface area contributed by atoms with Crippen molar-refractivity contribution in [3.63, 3.8) is 0 Å². The number of nitrogens with zero attached hydrogens (tertiary/aromatic N) is 2. The summed E-state index contributed by atoms with van der Waals surface area (Å²) in [5.41, 5.74) is 3.11. The van der Waals surface area contributed by atoms with Gasteiger partial charge in [-0.1, -0.05) is 11.3 Å². The topological polar surface area (TPSA) is 90.0 Å². The molecule has 0 saturated heterocycles. The molecule has 2 aromatic heterocycles. The Morgan fingerprint density at radius 2 is 2.35 bits per heavy atom. The van der Waals surface area contributed by atoms with Gasteiger partial charge in [0.25, 0.3) is 5.91 Å². The fourth-order valence-electron chi connectivity index (χ4n) is 1.32. The zero-order valence-electron chi connectivity index (χ0n) is 8.79. The summed E-state index contributed by atoms with van der Waals surface area (Å²) < 4.78 is 1.55. The van der Waals surface area contributed by atoms with E-state index in [0.717, 1.165) is 11.3 Å². The Bertz CT molecular complexity index is 572. The van der Waals surface area contributed by atoms with E-state index in [-0.39, 0.29) is 4.87 Å². The average Bonchev–Trinajstić information content (AvgIpc) is 2.75. The number of carbonyl (C=O) groups excluding carboxylic acids is 1. The molecule has 1 amide bonds. The van der Waals surface area contributed by atoms with E-state index in [1.165, 1.54) is 6.20 Å². The number of thiazole rings is 1. The van der Waals surface area contributed by atoms with E-state index in [0.29, 0.717) is 17.8 Å². The Morgan fingerprint density at radius 3 is 2.88 bits per heavy atom. The van der Waals surface area contributed by atoms with Gasteiger partial charge in [-0.15, -0.1) is 0 Å². The van der Waals surface area contributed by atoms with Crippen molar-refractivity contribution in [2.24, 2.45) is 5.84 Å². The number of aromatic nitrogens is 2. The minimum absolute atomic E-state index is 0.0319. The molecule has 0 unspecified atom stereocenters. The van der Waals surface area contributed by atoms with E-state index < -0.39 is 5.91 Å². The summed E-state index contributed by atoms with van der Waals surface area (Å²) in [5, 5.41) is 1.72. The number of nitrogens with two attached hydrogens (primary N) is 1. The molecule has 17 heavy (non-hydrogen) atoms. The first-order chi connectivity index (χ1) is 8.20. The van der Waals surface area contributed by atoms with E-state index in [2.05, 4.69) is 4.98 Å². The third kappa shape index (κ3) is 2.58. The number of amides is 1. The van der Waals surface area contributed by atoms with Crippen LogP contribution in [0.5, 0.6) is 0 Å². The smallest absolute Gasteiger partial charge is 0.300 e. The largest absolute Gasteiger partial charge is 0.307 e. The van der Waals surface area contributed by atoms with Crippen molar-refractivity contribution < 1.29 is 4.79 Å². The molecule has 0 bridgehead atoms. The highest BCUT2D eigenvalue weighted by molar-refractivity contribution is 7.07. The average molecular weight is 250 g/mol. The number of hydrazine groups is 1. The molecule has 0 aliphatic carbocycles. The second-order valence-electron chi connectivity index (χ2n) is 3.31. The minimum atomic E-state index is -0.392. The highest BCUT2D eigenvalue weighted by Crippen LogP contribution is 2.02. The first-order valence-electron chi connectivity index (χ1n) is 4.80. The normalized spacial score (nSPS) is 10.2. The Kier molecular flexibility index (Phi) is 3.31. The molecule has 2 aromatic rings. The molecule has 88 valence electrons. The monoisotopic (exact) mass is 250 g/mol. The molecule has 0 aliphatic heterocycles. The maximum atomic E-state index is 11.3. The van der Waals surface area contributed by atoms with Crippen LogP contribution in [0.25, 0.3) is 0 Å². The predicted octanol–water partition coefficient (Wildman–Crippen LogP) is -0.0434. The van der Waals surface area contributed by atoms with Crippen molar-refractivity contribution in [2.45, 2.75) is 6.54 Å². The maximum Gasteiger partial charge on any atom is 0.307 e. The van der Waals surface area contributed by atoms with Gasteiger partial charge in [0.15, 0.2) is 0 Å². The van der Waals surface area contributed by atoms with Crippen molar-refractivity contribution in [2.75, 3.05) is 0 Å². The summed E-state index contributed by atoms with van der Waals surface area (Å²) in [4.78, 5) is 26.5. The number of carbonyl (C=O) groups is 1. The van der Waals surface area contributed by atoms with E-state index >= 15 is 0 Å². The minimum Gasteiger partial charge on any atom is -0.300 e. The number of nitrogens with one attached hydrogen (secondary N) is 1. The van der Waals surface area contributed by atoms with E-state index in [9.17, 15) is 9.59 Å². The first kappa shape index (κ1) is 11.5. The number of nitrogen functional groups attached to an aromatic ring is 1. The van der Waals surface area contributed by atoms with Crippen molar-refractivity contribution in [3.05, 3.63) is 50.8 Å². The molecule has 0 aromatic carbocycles. The lowest BCUT2D eigenvalue weighted by atomic mass is 10.2. The maximum absolute atomic E-state index is 11.3. The molecule has 0 saturated carbocycles. The SMILES string of the molecule is NNC(=O)c1ccc(Cn2ccsc2=O)nc1. The number of pyridine rings is 1. The number of hydrogen-bond acceptors (Lipinski definition) is 5. The van der Waals surface area contributed by atoms with Gasteiger partial charge in [0.2, 0.25) is 0 Å². The second-order valence-corrected chi connectivity index (χ2v) is 4.17. The third-order valence-electron chi connectivity index (χ3n) is 2.19. The van der Waals surface area contributed by atoms with Crippen molar-refractivity contribution in [1.29, 1.82) is 0 Å². The van der Waals surface area contributed by atoms with Crippen LogP contribution in [-0.4, -0.2) is 15.5 Å². The first-order valence-corrected chi connectivity index (χ1v) is 5.68. The highest BCUT2D eigenvalue weighted by Gasteiger charge is 2.04. The summed E-state index contributed by atoms with van der Waals surface area (Å²) in [7, 11) is 0. The summed E-state index contributed by atoms with van der Waals surface area (Å²) in [6, 6.07) is 3.30. The van der Waals surface area contributed by atoms with Crippen LogP contribution >= 0.6 is 11.3 Å². The van der Waals surface area contributed by atoms with Crippen LogP contribution in [0.4, 0.5) is 0 Å². The lowest BCUT2D eigenvalue weighted by Gasteiger charge is -2.02. The summed E-state index contributed by atoms with van der Waals surface area (Å²) in [6.45, 7) is 0.396. The lowest BCUT2D eigenvalue weighted by molar-refractivity contribution is 0.0953. The van der Waals surface area contributed by atoms with E-state index in [1.807, 2.05) is 5.43 Å². The predicted molar refractivity (Wildman–Crippen MR) is 63.6 cm³/mol. The summed E-state index contributed by atoms with van der Waals surface area (Å²) in [6.07, 6.45) is 3.13. The molecule has 2 rings (SSSR count). The van der Waals surface area contributed by atoms with Gasteiger partial charge in [0, 0.05) is 17.8 Å². The van der Waals surface area contributed by atoms with Crippen LogP contribution in [0.2, 0.25) is 0 Å². The molecule has 0 atom stereocenters. The van der Waals surface area contributed by atoms with Crippen LogP contribution in [0.1, 0.15) is 16.1 Å². The molecule has 0 spiro atoms. The van der Waals surface area contributed by atoms with Gasteiger partial charge in [0.05, 0.1) is 17.8 Å². The second kappa shape index (κ2) is 4.89. The molecular weight excluding hydrogens is 240 g/mol. The molecule has 0 aliphatic rings. The Morgan fingerprint density at radius 1 is 1.53 bits per heavy atom. The quantitative estimate of drug-likeness (QED) is 0.454. The summed E-state index contributed by atoms with van der Waals surface area (Å²) in [5.74, 6) is 4.61. The van der Waals surface area contributed by atoms with Gasteiger partial charge in [-0.3, -0.25) is 24.6 Å². The van der Waals surface area contributed by atoms with Crippen LogP contribution in [0, 0.1) is 0 Å². The fraction of sp³-hybridized carbons (Fsp3) is 0.100. The standard InChI is InChI=1S/C10H10N4O2S/c11-13-9(15)7-1-2-8(12-5-7)6-14-3-4-17-10(14)16/h1-5H,6,11H2,(H,13,15). The Hall–Kier alpha value is -1.99. The van der Waals surface area contributed by atoms with Crippen LogP contribution in [0.15, 0.2) is 34.7 Å². The van der Waals surface area contributed by atoms with Crippen molar-refractivity contribution >= 4 is 17.2 Å². The number of rotatable bonds is 3. The van der Waals surface area contributed by atoms with Gasteiger partial charge in [0.1, 0.15) is 0 Å². The van der Waals surface area contributed by atoms with E-state index in [1.54, 1.807) is 28.3 Å². The molecule has 0 radical (unpaired) electrons. The molecule has 0 fully saturated rings. The zero-order chi connectivity index (χ0) is 12.3. The van der Waals surface area contributed by atoms with Crippen molar-refractivity contribution in [3.8, 4) is 0 Å². The third-order valence-corrected chi connectivity index (χ3v) is 2.89. The Labute approximate surface area is 101 Å². The van der Waals surface area contributed by atoms with Gasteiger partial charge < -0.3 is 0 Å². The molecule has 7 heteroatoms. The van der Waals surface area contributed by atoms with E-state index in [4.69, 9.17) is 5.84 Å². The molecular formula is C10H10N4O2S. The van der Waals surface area contributed by atoms with Gasteiger partial charge in [-0.2, -0.15) is 0 Å².